The molecular formula is C14H21N2O. The fourth-order valence-electron chi connectivity index (χ4n) is 2.01. The van der Waals surface area contributed by atoms with Gasteiger partial charge in [-0.2, -0.15) is 0 Å². The van der Waals surface area contributed by atoms with Gasteiger partial charge in [0.05, 0.1) is 6.61 Å². The zero-order chi connectivity index (χ0) is 11.9. The number of benzene rings is 1. The predicted molar refractivity (Wildman–Crippen MR) is 69.3 cm³/mol. The van der Waals surface area contributed by atoms with E-state index in [1.54, 1.807) is 0 Å². The Balaban J connectivity index is 1.57. The van der Waals surface area contributed by atoms with E-state index in [9.17, 15) is 0 Å². The number of para-hydroxylation sites is 1. The third-order valence-corrected chi connectivity index (χ3v) is 3.15. The highest BCUT2D eigenvalue weighted by atomic mass is 16.5. The van der Waals surface area contributed by atoms with E-state index in [2.05, 4.69) is 22.9 Å². The first-order chi connectivity index (χ1) is 8.34. The zero-order valence-corrected chi connectivity index (χ0v) is 10.6. The smallest absolute Gasteiger partial charge is 0.127 e. The summed E-state index contributed by atoms with van der Waals surface area (Å²) in [5.74, 6) is 0.853. The Morgan fingerprint density at radius 1 is 1.24 bits per heavy atom. The second kappa shape index (κ2) is 6.62. The van der Waals surface area contributed by atoms with Crippen LogP contribution in [-0.4, -0.2) is 56.2 Å². The molecule has 0 bridgehead atoms. The first kappa shape index (κ1) is 12.4. The molecule has 3 heteroatoms. The van der Waals surface area contributed by atoms with E-state index in [-0.39, 0.29) is 0 Å². The normalized spacial score (nSPS) is 18.2. The summed E-state index contributed by atoms with van der Waals surface area (Å²) in [6.07, 6.45) is 1.09. The fourth-order valence-corrected chi connectivity index (χ4v) is 2.01. The standard InChI is InChI=1S/C14H21N2O/c1-15-9-11-16(12-10-15)8-5-13-17-14-6-3-2-4-7-14/h2-4,6H,5,8-13H2,1H3. The second-order valence-corrected chi connectivity index (χ2v) is 4.57. The quantitative estimate of drug-likeness (QED) is 0.717. The molecule has 1 saturated heterocycles. The molecule has 0 N–H and O–H groups in total. The van der Waals surface area contributed by atoms with E-state index in [1.165, 1.54) is 26.2 Å². The molecule has 1 aromatic rings. The molecule has 0 amide bonds. The van der Waals surface area contributed by atoms with Crippen molar-refractivity contribution in [2.24, 2.45) is 0 Å². The third kappa shape index (κ3) is 4.36. The Morgan fingerprint density at radius 2 is 2.06 bits per heavy atom. The largest absolute Gasteiger partial charge is 0.493 e. The minimum atomic E-state index is 0.785. The summed E-state index contributed by atoms with van der Waals surface area (Å²) in [4.78, 5) is 4.89. The third-order valence-electron chi connectivity index (χ3n) is 3.15. The van der Waals surface area contributed by atoms with Gasteiger partial charge in [-0.3, -0.25) is 0 Å². The second-order valence-electron chi connectivity index (χ2n) is 4.57. The van der Waals surface area contributed by atoms with Crippen molar-refractivity contribution in [2.75, 3.05) is 46.4 Å². The van der Waals surface area contributed by atoms with Crippen molar-refractivity contribution in [3.05, 3.63) is 30.3 Å². The molecule has 1 aliphatic rings. The van der Waals surface area contributed by atoms with Crippen LogP contribution in [0.1, 0.15) is 6.42 Å². The zero-order valence-electron chi connectivity index (χ0n) is 10.6. The lowest BCUT2D eigenvalue weighted by Gasteiger charge is -2.32. The minimum Gasteiger partial charge on any atom is -0.493 e. The van der Waals surface area contributed by atoms with Gasteiger partial charge in [-0.05, 0) is 19.5 Å². The van der Waals surface area contributed by atoms with Gasteiger partial charge in [0.15, 0.2) is 0 Å². The Morgan fingerprint density at radius 3 is 2.76 bits per heavy atom. The summed E-state index contributed by atoms with van der Waals surface area (Å²) < 4.78 is 5.63. The number of hydrogen-bond acceptors (Lipinski definition) is 3. The lowest BCUT2D eigenvalue weighted by atomic mass is 10.3. The van der Waals surface area contributed by atoms with Crippen molar-refractivity contribution in [1.82, 2.24) is 9.80 Å². The summed E-state index contributed by atoms with van der Waals surface area (Å²) in [5.41, 5.74) is 0. The molecule has 1 heterocycles. The SMILES string of the molecule is CN1CCN(CCCOc2[c]cccc2)CC1. The van der Waals surface area contributed by atoms with Crippen LogP contribution in [0.2, 0.25) is 0 Å². The number of ether oxygens (including phenoxy) is 1. The summed E-state index contributed by atoms with van der Waals surface area (Å²) in [7, 11) is 2.19. The van der Waals surface area contributed by atoms with Crippen LogP contribution >= 0.6 is 0 Å². The Bertz CT molecular complexity index is 307. The Kier molecular flexibility index (Phi) is 4.83. The molecule has 1 fully saturated rings. The maximum Gasteiger partial charge on any atom is 0.127 e. The summed E-state index contributed by atoms with van der Waals surface area (Å²) in [5, 5.41) is 0. The van der Waals surface area contributed by atoms with Crippen molar-refractivity contribution in [3.63, 3.8) is 0 Å². The molecule has 1 radical (unpaired) electrons. The molecule has 3 nitrogen and oxygen atoms in total. The summed E-state index contributed by atoms with van der Waals surface area (Å²) in [6.45, 7) is 6.68. The number of piperazine rings is 1. The Hall–Kier alpha value is -1.06. The van der Waals surface area contributed by atoms with Gasteiger partial charge in [-0.15, -0.1) is 0 Å². The number of likely N-dealkylation sites (N-methyl/N-ethyl adjacent to an activating group) is 1. The topological polar surface area (TPSA) is 15.7 Å². The van der Waals surface area contributed by atoms with Crippen LogP contribution in [0.5, 0.6) is 5.75 Å². The van der Waals surface area contributed by atoms with Crippen molar-refractivity contribution in [3.8, 4) is 5.75 Å². The molecule has 1 aliphatic heterocycles. The molecule has 0 unspecified atom stereocenters. The van der Waals surface area contributed by atoms with Crippen LogP contribution in [0.25, 0.3) is 0 Å². The molecule has 1 aromatic carbocycles. The van der Waals surface area contributed by atoms with Gasteiger partial charge in [0, 0.05) is 38.8 Å². The molecule has 0 atom stereocenters. The van der Waals surface area contributed by atoms with Gasteiger partial charge in [-0.25, -0.2) is 0 Å². The van der Waals surface area contributed by atoms with Crippen molar-refractivity contribution in [2.45, 2.75) is 6.42 Å². The fraction of sp³-hybridized carbons (Fsp3) is 0.571. The maximum absolute atomic E-state index is 5.63. The van der Waals surface area contributed by atoms with E-state index >= 15 is 0 Å². The van der Waals surface area contributed by atoms with E-state index in [0.29, 0.717) is 0 Å². The average molecular weight is 233 g/mol. The summed E-state index contributed by atoms with van der Waals surface area (Å²) in [6, 6.07) is 10.8. The van der Waals surface area contributed by atoms with Gasteiger partial charge in [-0.1, -0.05) is 18.2 Å². The van der Waals surface area contributed by atoms with Gasteiger partial charge >= 0.3 is 0 Å². The van der Waals surface area contributed by atoms with Gasteiger partial charge in [0.2, 0.25) is 0 Å². The van der Waals surface area contributed by atoms with Crippen LogP contribution in [-0.2, 0) is 0 Å². The molecule has 0 saturated carbocycles. The van der Waals surface area contributed by atoms with E-state index in [0.717, 1.165) is 25.3 Å². The highest BCUT2D eigenvalue weighted by molar-refractivity contribution is 5.19. The lowest BCUT2D eigenvalue weighted by Crippen LogP contribution is -2.44. The summed E-state index contributed by atoms with van der Waals surface area (Å²) >= 11 is 0. The van der Waals surface area contributed by atoms with E-state index in [1.807, 2.05) is 24.3 Å². The first-order valence-electron chi connectivity index (χ1n) is 6.35. The van der Waals surface area contributed by atoms with Crippen LogP contribution in [0.4, 0.5) is 0 Å². The number of rotatable bonds is 5. The van der Waals surface area contributed by atoms with Crippen molar-refractivity contribution < 1.29 is 4.74 Å². The maximum atomic E-state index is 5.63. The van der Waals surface area contributed by atoms with Crippen molar-refractivity contribution in [1.29, 1.82) is 0 Å². The average Bonchev–Trinajstić information content (AvgIpc) is 2.38. The lowest BCUT2D eigenvalue weighted by molar-refractivity contribution is 0.145. The minimum absolute atomic E-state index is 0.785. The van der Waals surface area contributed by atoms with Gasteiger partial charge in [0.25, 0.3) is 0 Å². The van der Waals surface area contributed by atoms with E-state index in [4.69, 9.17) is 4.74 Å². The van der Waals surface area contributed by atoms with Crippen LogP contribution < -0.4 is 4.74 Å². The highest BCUT2D eigenvalue weighted by Crippen LogP contribution is 2.08. The van der Waals surface area contributed by atoms with E-state index < -0.39 is 0 Å². The molecule has 2 rings (SSSR count). The molecule has 93 valence electrons. The van der Waals surface area contributed by atoms with Crippen LogP contribution in [0.3, 0.4) is 0 Å². The highest BCUT2D eigenvalue weighted by Gasteiger charge is 2.12. The molecule has 0 aromatic heterocycles. The first-order valence-corrected chi connectivity index (χ1v) is 6.35. The predicted octanol–water partition coefficient (Wildman–Crippen LogP) is 1.50. The van der Waals surface area contributed by atoms with Crippen LogP contribution in [0, 0.1) is 6.07 Å². The molecule has 0 spiro atoms. The van der Waals surface area contributed by atoms with Gasteiger partial charge < -0.3 is 14.5 Å². The van der Waals surface area contributed by atoms with Crippen molar-refractivity contribution >= 4 is 0 Å². The monoisotopic (exact) mass is 233 g/mol. The molecular weight excluding hydrogens is 212 g/mol. The number of nitrogens with zero attached hydrogens (tertiary/aromatic N) is 2. The number of hydrogen-bond donors (Lipinski definition) is 0. The Labute approximate surface area is 104 Å². The van der Waals surface area contributed by atoms with Crippen LogP contribution in [0.15, 0.2) is 24.3 Å². The van der Waals surface area contributed by atoms with Gasteiger partial charge in [0.1, 0.15) is 5.75 Å². The molecule has 17 heavy (non-hydrogen) atoms. The molecule has 0 aliphatic carbocycles.